The SMILES string of the molecule is CCCCC(=O)NC(=S)Nc1cc(C(=O)O)cc(Cl)c1Cl. The number of carbonyl (C=O) groups is 2. The molecule has 0 aliphatic carbocycles. The van der Waals surface area contributed by atoms with Crippen molar-refractivity contribution in [3.63, 3.8) is 0 Å². The van der Waals surface area contributed by atoms with E-state index in [1.54, 1.807) is 0 Å². The minimum atomic E-state index is -1.14. The van der Waals surface area contributed by atoms with Crippen LogP contribution in [0.4, 0.5) is 5.69 Å². The van der Waals surface area contributed by atoms with Crippen LogP contribution in [0.1, 0.15) is 36.5 Å². The molecule has 1 rings (SSSR count). The molecule has 0 aliphatic rings. The van der Waals surface area contributed by atoms with Gasteiger partial charge in [-0.3, -0.25) is 4.79 Å². The molecular weight excluding hydrogens is 335 g/mol. The van der Waals surface area contributed by atoms with Gasteiger partial charge in [-0.25, -0.2) is 4.79 Å². The minimum absolute atomic E-state index is 0.0352. The maximum atomic E-state index is 11.5. The second kappa shape index (κ2) is 8.17. The van der Waals surface area contributed by atoms with E-state index in [2.05, 4.69) is 10.6 Å². The molecular formula is C13H14Cl2N2O3S. The largest absolute Gasteiger partial charge is 0.478 e. The van der Waals surface area contributed by atoms with E-state index in [4.69, 9.17) is 40.5 Å². The van der Waals surface area contributed by atoms with E-state index in [1.165, 1.54) is 12.1 Å². The molecule has 0 heterocycles. The van der Waals surface area contributed by atoms with Crippen LogP contribution in [0.25, 0.3) is 0 Å². The number of amides is 1. The van der Waals surface area contributed by atoms with Crippen LogP contribution in [0.5, 0.6) is 0 Å². The Morgan fingerprint density at radius 3 is 2.57 bits per heavy atom. The first-order valence-electron chi connectivity index (χ1n) is 6.18. The molecule has 1 aromatic rings. The number of carbonyl (C=O) groups excluding carboxylic acids is 1. The van der Waals surface area contributed by atoms with Crippen molar-refractivity contribution in [1.82, 2.24) is 5.32 Å². The van der Waals surface area contributed by atoms with Crippen LogP contribution in [0.15, 0.2) is 12.1 Å². The summed E-state index contributed by atoms with van der Waals surface area (Å²) in [6.45, 7) is 1.98. The molecule has 1 aromatic carbocycles. The second-order valence-electron chi connectivity index (χ2n) is 4.23. The molecule has 0 fully saturated rings. The van der Waals surface area contributed by atoms with Crippen molar-refractivity contribution in [3.05, 3.63) is 27.7 Å². The van der Waals surface area contributed by atoms with Crippen LogP contribution in [-0.2, 0) is 4.79 Å². The quantitative estimate of drug-likeness (QED) is 0.707. The molecule has 0 aromatic heterocycles. The van der Waals surface area contributed by atoms with Crippen molar-refractivity contribution in [2.24, 2.45) is 0 Å². The Kier molecular flexibility index (Phi) is 6.87. The molecule has 0 atom stereocenters. The summed E-state index contributed by atoms with van der Waals surface area (Å²) in [6, 6.07) is 2.53. The van der Waals surface area contributed by atoms with E-state index in [0.29, 0.717) is 6.42 Å². The number of anilines is 1. The van der Waals surface area contributed by atoms with Crippen molar-refractivity contribution >= 4 is 58.1 Å². The van der Waals surface area contributed by atoms with E-state index in [-0.39, 0.29) is 32.3 Å². The Hall–Kier alpha value is -1.37. The zero-order valence-corrected chi connectivity index (χ0v) is 13.5. The number of nitrogens with one attached hydrogen (secondary N) is 2. The molecule has 0 bridgehead atoms. The molecule has 5 nitrogen and oxygen atoms in total. The average Bonchev–Trinajstić information content (AvgIpc) is 2.41. The topological polar surface area (TPSA) is 78.4 Å². The van der Waals surface area contributed by atoms with Crippen LogP contribution >= 0.6 is 35.4 Å². The van der Waals surface area contributed by atoms with Crippen LogP contribution < -0.4 is 10.6 Å². The molecule has 3 N–H and O–H groups in total. The van der Waals surface area contributed by atoms with E-state index in [1.807, 2.05) is 6.92 Å². The van der Waals surface area contributed by atoms with Gasteiger partial charge in [0, 0.05) is 6.42 Å². The summed E-state index contributed by atoms with van der Waals surface area (Å²) in [5.41, 5.74) is 0.189. The summed E-state index contributed by atoms with van der Waals surface area (Å²) in [4.78, 5) is 22.5. The highest BCUT2D eigenvalue weighted by atomic mass is 35.5. The lowest BCUT2D eigenvalue weighted by Crippen LogP contribution is -2.34. The van der Waals surface area contributed by atoms with E-state index in [9.17, 15) is 9.59 Å². The Morgan fingerprint density at radius 2 is 2.00 bits per heavy atom. The average molecular weight is 349 g/mol. The second-order valence-corrected chi connectivity index (χ2v) is 5.42. The summed E-state index contributed by atoms with van der Waals surface area (Å²) in [6.07, 6.45) is 2.02. The number of aromatic carboxylic acids is 1. The van der Waals surface area contributed by atoms with Gasteiger partial charge in [0.05, 0.1) is 21.3 Å². The van der Waals surface area contributed by atoms with Gasteiger partial charge in [0.1, 0.15) is 0 Å². The number of halogens is 2. The van der Waals surface area contributed by atoms with E-state index < -0.39 is 5.97 Å². The molecule has 21 heavy (non-hydrogen) atoms. The predicted octanol–water partition coefficient (Wildman–Crippen LogP) is 3.69. The smallest absolute Gasteiger partial charge is 0.335 e. The van der Waals surface area contributed by atoms with Crippen LogP contribution in [-0.4, -0.2) is 22.1 Å². The van der Waals surface area contributed by atoms with Crippen molar-refractivity contribution in [3.8, 4) is 0 Å². The van der Waals surface area contributed by atoms with Crippen LogP contribution in [0.2, 0.25) is 10.0 Å². The van der Waals surface area contributed by atoms with Gasteiger partial charge in [-0.15, -0.1) is 0 Å². The number of carboxylic acids is 1. The van der Waals surface area contributed by atoms with Gasteiger partial charge in [0.2, 0.25) is 5.91 Å². The summed E-state index contributed by atoms with van der Waals surface area (Å²) >= 11 is 16.8. The van der Waals surface area contributed by atoms with Crippen LogP contribution in [0.3, 0.4) is 0 Å². The number of rotatable bonds is 5. The molecule has 1 amide bonds. The lowest BCUT2D eigenvalue weighted by atomic mass is 10.2. The zero-order valence-electron chi connectivity index (χ0n) is 11.2. The third kappa shape index (κ3) is 5.49. The van der Waals surface area contributed by atoms with Crippen molar-refractivity contribution < 1.29 is 14.7 Å². The number of benzene rings is 1. The monoisotopic (exact) mass is 348 g/mol. The van der Waals surface area contributed by atoms with Gasteiger partial charge in [-0.1, -0.05) is 36.5 Å². The highest BCUT2D eigenvalue weighted by Crippen LogP contribution is 2.31. The number of carboxylic acid groups (broad SMARTS) is 1. The zero-order chi connectivity index (χ0) is 16.0. The highest BCUT2D eigenvalue weighted by Gasteiger charge is 2.13. The van der Waals surface area contributed by atoms with Crippen molar-refractivity contribution in [1.29, 1.82) is 0 Å². The lowest BCUT2D eigenvalue weighted by Gasteiger charge is -2.12. The first-order chi connectivity index (χ1) is 9.85. The van der Waals surface area contributed by atoms with Crippen LogP contribution in [0, 0.1) is 0 Å². The number of hydrogen-bond donors (Lipinski definition) is 3. The maximum absolute atomic E-state index is 11.5. The fourth-order valence-electron chi connectivity index (χ4n) is 1.48. The number of thiocarbonyl (C=S) groups is 1. The van der Waals surface area contributed by atoms with Gasteiger partial charge in [-0.2, -0.15) is 0 Å². The summed E-state index contributed by atoms with van der Waals surface area (Å²) < 4.78 is 0. The molecule has 114 valence electrons. The van der Waals surface area contributed by atoms with Gasteiger partial charge in [-0.05, 0) is 30.8 Å². The molecule has 0 radical (unpaired) electrons. The normalized spacial score (nSPS) is 10.0. The third-order valence-electron chi connectivity index (χ3n) is 2.53. The number of unbranched alkanes of at least 4 members (excludes halogenated alkanes) is 1. The predicted molar refractivity (Wildman–Crippen MR) is 87.3 cm³/mol. The maximum Gasteiger partial charge on any atom is 0.335 e. The molecule has 0 saturated heterocycles. The van der Waals surface area contributed by atoms with Gasteiger partial charge >= 0.3 is 5.97 Å². The fourth-order valence-corrected chi connectivity index (χ4v) is 2.08. The van der Waals surface area contributed by atoms with Gasteiger partial charge in [0.25, 0.3) is 0 Å². The Balaban J connectivity index is 2.80. The Labute approximate surface area is 137 Å². The molecule has 0 aliphatic heterocycles. The van der Waals surface area contributed by atoms with Crippen molar-refractivity contribution in [2.75, 3.05) is 5.32 Å². The van der Waals surface area contributed by atoms with Gasteiger partial charge < -0.3 is 15.7 Å². The highest BCUT2D eigenvalue weighted by molar-refractivity contribution is 7.80. The fraction of sp³-hybridized carbons (Fsp3) is 0.308. The minimum Gasteiger partial charge on any atom is -0.478 e. The lowest BCUT2D eigenvalue weighted by molar-refractivity contribution is -0.119. The Bertz CT molecular complexity index is 579. The standard InChI is InChI=1S/C13H14Cl2N2O3S/c1-2-3-4-10(18)17-13(21)16-9-6-7(12(19)20)5-8(14)11(9)15/h5-6H,2-4H2,1H3,(H,19,20)(H2,16,17,18,21). The summed E-state index contributed by atoms with van der Waals surface area (Å²) in [5, 5.41) is 14.4. The third-order valence-corrected chi connectivity index (χ3v) is 3.54. The molecule has 0 saturated carbocycles. The molecule has 0 unspecified atom stereocenters. The summed E-state index contributed by atoms with van der Waals surface area (Å²) in [7, 11) is 0. The number of hydrogen-bond acceptors (Lipinski definition) is 3. The Morgan fingerprint density at radius 1 is 1.33 bits per heavy atom. The van der Waals surface area contributed by atoms with Crippen molar-refractivity contribution in [2.45, 2.75) is 26.2 Å². The first kappa shape index (κ1) is 17.7. The van der Waals surface area contributed by atoms with E-state index in [0.717, 1.165) is 12.8 Å². The molecule has 0 spiro atoms. The van der Waals surface area contributed by atoms with E-state index >= 15 is 0 Å². The van der Waals surface area contributed by atoms with Gasteiger partial charge in [0.15, 0.2) is 5.11 Å². The first-order valence-corrected chi connectivity index (χ1v) is 7.34. The summed E-state index contributed by atoms with van der Waals surface area (Å²) in [5.74, 6) is -1.36. The molecule has 8 heteroatoms.